The molecule has 0 spiro atoms. The molecule has 0 radical (unpaired) electrons. The van der Waals surface area contributed by atoms with Gasteiger partial charge in [0, 0.05) is 12.1 Å². The molecule has 38 heavy (non-hydrogen) atoms. The Morgan fingerprint density at radius 2 is 1.00 bits per heavy atom. The molecule has 2 aliphatic rings. The second kappa shape index (κ2) is 11.5. The van der Waals surface area contributed by atoms with Gasteiger partial charge in [-0.15, -0.1) is 0 Å². The number of amides is 2. The molecule has 0 bridgehead atoms. The average Bonchev–Trinajstić information content (AvgIpc) is 3.35. The predicted octanol–water partition coefficient (Wildman–Crippen LogP) is 3.52. The van der Waals surface area contributed by atoms with Crippen molar-refractivity contribution >= 4 is 11.8 Å². The van der Waals surface area contributed by atoms with E-state index in [1.165, 1.54) is 0 Å². The van der Waals surface area contributed by atoms with E-state index in [9.17, 15) is 9.59 Å². The molecular formula is C30H40N2O6. The zero-order valence-corrected chi connectivity index (χ0v) is 23.1. The third-order valence-electron chi connectivity index (χ3n) is 6.65. The molecule has 2 aliphatic heterocycles. The van der Waals surface area contributed by atoms with Gasteiger partial charge in [0.2, 0.25) is 0 Å². The Bertz CT molecular complexity index is 1000. The number of ether oxygens (including phenoxy) is 4. The number of carbonyl (C=O) groups is 2. The van der Waals surface area contributed by atoms with E-state index < -0.39 is 36.0 Å². The van der Waals surface area contributed by atoms with Crippen LogP contribution >= 0.6 is 0 Å². The van der Waals surface area contributed by atoms with Crippen LogP contribution in [0.2, 0.25) is 0 Å². The van der Waals surface area contributed by atoms with Crippen LogP contribution in [-0.4, -0.2) is 59.9 Å². The van der Waals surface area contributed by atoms with E-state index in [4.69, 9.17) is 18.9 Å². The fourth-order valence-electron chi connectivity index (χ4n) is 5.15. The summed E-state index contributed by atoms with van der Waals surface area (Å²) >= 11 is 0. The normalized spacial score (nSPS) is 27.4. The van der Waals surface area contributed by atoms with Crippen molar-refractivity contribution in [1.82, 2.24) is 10.6 Å². The van der Waals surface area contributed by atoms with Crippen molar-refractivity contribution in [1.29, 1.82) is 0 Å². The standard InChI is InChI=1S/C30H40N2O6/c1-19(17-21-13-9-7-10-14-21)31-27(33)25-23(35-29(3,4)37-25)24-26(38-30(5,6)36-24)28(34)32-20(2)18-22-15-11-8-12-16-22/h7-16,19-20,23-26H,17-18H2,1-6H3,(H,31,33)(H,32,34). The third kappa shape index (κ3) is 7.20. The summed E-state index contributed by atoms with van der Waals surface area (Å²) in [5, 5.41) is 6.09. The molecule has 4 rings (SSSR count). The molecule has 206 valence electrons. The molecule has 0 aliphatic carbocycles. The van der Waals surface area contributed by atoms with E-state index in [2.05, 4.69) is 10.6 Å². The van der Waals surface area contributed by atoms with Gasteiger partial charge in [0.05, 0.1) is 0 Å². The van der Waals surface area contributed by atoms with Gasteiger partial charge in [-0.3, -0.25) is 9.59 Å². The first-order chi connectivity index (χ1) is 17.9. The van der Waals surface area contributed by atoms with Crippen LogP contribution in [0.5, 0.6) is 0 Å². The second-order valence-electron chi connectivity index (χ2n) is 11.2. The molecule has 6 atom stereocenters. The highest BCUT2D eigenvalue weighted by Gasteiger charge is 2.57. The SMILES string of the molecule is CC(Cc1ccccc1)NC(=O)C1OC(C)(C)OC1C1OC(C)(C)OC1C(=O)NC(C)Cc1ccccc1. The van der Waals surface area contributed by atoms with Gasteiger partial charge in [0.25, 0.3) is 11.8 Å². The van der Waals surface area contributed by atoms with Crippen molar-refractivity contribution in [2.24, 2.45) is 0 Å². The van der Waals surface area contributed by atoms with Crippen molar-refractivity contribution in [3.8, 4) is 0 Å². The van der Waals surface area contributed by atoms with Crippen LogP contribution in [0.25, 0.3) is 0 Å². The van der Waals surface area contributed by atoms with Crippen LogP contribution < -0.4 is 10.6 Å². The molecule has 2 aromatic rings. The summed E-state index contributed by atoms with van der Waals surface area (Å²) in [7, 11) is 0. The van der Waals surface area contributed by atoms with Gasteiger partial charge in [-0.2, -0.15) is 0 Å². The number of benzene rings is 2. The van der Waals surface area contributed by atoms with Crippen molar-refractivity contribution in [2.45, 2.75) is 102 Å². The Kier molecular flexibility index (Phi) is 8.57. The first kappa shape index (κ1) is 28.2. The first-order valence-corrected chi connectivity index (χ1v) is 13.3. The van der Waals surface area contributed by atoms with Gasteiger partial charge >= 0.3 is 0 Å². The number of nitrogens with one attached hydrogen (secondary N) is 2. The van der Waals surface area contributed by atoms with E-state index in [0.717, 1.165) is 11.1 Å². The van der Waals surface area contributed by atoms with E-state index in [1.54, 1.807) is 27.7 Å². The second-order valence-corrected chi connectivity index (χ2v) is 11.2. The minimum atomic E-state index is -1.03. The number of hydrogen-bond donors (Lipinski definition) is 2. The van der Waals surface area contributed by atoms with E-state index in [0.29, 0.717) is 12.8 Å². The maximum absolute atomic E-state index is 13.4. The lowest BCUT2D eigenvalue weighted by molar-refractivity contribution is -0.175. The largest absolute Gasteiger partial charge is 0.351 e. The zero-order valence-electron chi connectivity index (χ0n) is 23.1. The Morgan fingerprint density at radius 3 is 1.34 bits per heavy atom. The highest BCUT2D eigenvalue weighted by atomic mass is 16.8. The molecule has 2 N–H and O–H groups in total. The van der Waals surface area contributed by atoms with E-state index in [1.807, 2.05) is 74.5 Å². The highest BCUT2D eigenvalue weighted by Crippen LogP contribution is 2.38. The molecule has 0 aromatic heterocycles. The Morgan fingerprint density at radius 1 is 0.658 bits per heavy atom. The maximum atomic E-state index is 13.4. The molecule has 6 unspecified atom stereocenters. The minimum Gasteiger partial charge on any atom is -0.351 e. The third-order valence-corrected chi connectivity index (χ3v) is 6.65. The van der Waals surface area contributed by atoms with Crippen LogP contribution in [-0.2, 0) is 41.4 Å². The Labute approximate surface area is 225 Å². The van der Waals surface area contributed by atoms with Gasteiger partial charge in [-0.1, -0.05) is 60.7 Å². The molecule has 2 heterocycles. The fraction of sp³-hybridized carbons (Fsp3) is 0.533. The summed E-state index contributed by atoms with van der Waals surface area (Å²) in [4.78, 5) is 26.8. The summed E-state index contributed by atoms with van der Waals surface area (Å²) < 4.78 is 24.4. The predicted molar refractivity (Wildman–Crippen MR) is 143 cm³/mol. The molecule has 2 aromatic carbocycles. The Hall–Kier alpha value is -2.78. The summed E-state index contributed by atoms with van der Waals surface area (Å²) in [5.41, 5.74) is 2.24. The van der Waals surface area contributed by atoms with Gasteiger partial charge in [0.15, 0.2) is 23.8 Å². The quantitative estimate of drug-likeness (QED) is 0.521. The number of rotatable bonds is 9. The molecule has 2 amide bonds. The topological polar surface area (TPSA) is 95.1 Å². The lowest BCUT2D eigenvalue weighted by atomic mass is 10.0. The zero-order chi connectivity index (χ0) is 27.5. The number of hydrogen-bond acceptors (Lipinski definition) is 6. The summed E-state index contributed by atoms with van der Waals surface area (Å²) in [6, 6.07) is 19.7. The molecule has 8 nitrogen and oxygen atoms in total. The lowest BCUT2D eigenvalue weighted by Gasteiger charge is -2.27. The lowest BCUT2D eigenvalue weighted by Crippen LogP contribution is -2.54. The van der Waals surface area contributed by atoms with Gasteiger partial charge in [0.1, 0.15) is 12.2 Å². The summed E-state index contributed by atoms with van der Waals surface area (Å²) in [5.74, 6) is -2.69. The van der Waals surface area contributed by atoms with Crippen molar-refractivity contribution < 1.29 is 28.5 Å². The van der Waals surface area contributed by atoms with Crippen LogP contribution in [0.1, 0.15) is 52.7 Å². The Balaban J connectivity index is 1.46. The van der Waals surface area contributed by atoms with Gasteiger partial charge in [-0.25, -0.2) is 0 Å². The van der Waals surface area contributed by atoms with Crippen molar-refractivity contribution in [2.75, 3.05) is 0 Å². The summed E-state index contributed by atoms with van der Waals surface area (Å²) in [6.45, 7) is 10.9. The van der Waals surface area contributed by atoms with Crippen LogP contribution in [0.4, 0.5) is 0 Å². The number of carbonyl (C=O) groups excluding carboxylic acids is 2. The van der Waals surface area contributed by atoms with Crippen LogP contribution in [0, 0.1) is 0 Å². The summed E-state index contributed by atoms with van der Waals surface area (Å²) in [6.07, 6.45) is -2.26. The minimum absolute atomic E-state index is 0.131. The molecule has 2 saturated heterocycles. The van der Waals surface area contributed by atoms with Gasteiger partial charge < -0.3 is 29.6 Å². The van der Waals surface area contributed by atoms with E-state index >= 15 is 0 Å². The maximum Gasteiger partial charge on any atom is 0.252 e. The molecular weight excluding hydrogens is 484 g/mol. The highest BCUT2D eigenvalue weighted by molar-refractivity contribution is 5.84. The van der Waals surface area contributed by atoms with Crippen LogP contribution in [0.15, 0.2) is 60.7 Å². The monoisotopic (exact) mass is 524 g/mol. The molecule has 8 heteroatoms. The first-order valence-electron chi connectivity index (χ1n) is 13.3. The fourth-order valence-corrected chi connectivity index (χ4v) is 5.15. The van der Waals surface area contributed by atoms with Crippen molar-refractivity contribution in [3.63, 3.8) is 0 Å². The molecule has 0 saturated carbocycles. The van der Waals surface area contributed by atoms with E-state index in [-0.39, 0.29) is 23.9 Å². The van der Waals surface area contributed by atoms with Gasteiger partial charge in [-0.05, 0) is 65.5 Å². The van der Waals surface area contributed by atoms with Crippen molar-refractivity contribution in [3.05, 3.63) is 71.8 Å². The van der Waals surface area contributed by atoms with Crippen LogP contribution in [0.3, 0.4) is 0 Å². The average molecular weight is 525 g/mol. The smallest absolute Gasteiger partial charge is 0.252 e. The molecule has 2 fully saturated rings.